The molecule has 1 unspecified atom stereocenters. The lowest BCUT2D eigenvalue weighted by atomic mass is 10.2. The van der Waals surface area contributed by atoms with Crippen molar-refractivity contribution in [2.24, 2.45) is 0 Å². The summed E-state index contributed by atoms with van der Waals surface area (Å²) in [6, 6.07) is 1.04. The van der Waals surface area contributed by atoms with Crippen LogP contribution < -0.4 is 0 Å². The predicted octanol–water partition coefficient (Wildman–Crippen LogP) is 1.19. The second-order valence-electron chi connectivity index (χ2n) is 6.00. The van der Waals surface area contributed by atoms with E-state index in [1.54, 1.807) is 6.08 Å². The van der Waals surface area contributed by atoms with E-state index in [1.165, 1.54) is 12.8 Å². The molecule has 4 nitrogen and oxygen atoms in total. The van der Waals surface area contributed by atoms with Gasteiger partial charge >= 0.3 is 0 Å². The molecular formula is C15H27N3O. The van der Waals surface area contributed by atoms with E-state index >= 15 is 0 Å². The highest BCUT2D eigenvalue weighted by atomic mass is 16.2. The molecule has 0 N–H and O–H groups in total. The molecule has 0 aromatic rings. The van der Waals surface area contributed by atoms with E-state index < -0.39 is 0 Å². The molecule has 108 valence electrons. The number of carbonyl (C=O) groups is 1. The first-order valence-corrected chi connectivity index (χ1v) is 7.49. The van der Waals surface area contributed by atoms with Crippen molar-refractivity contribution >= 4 is 5.91 Å². The van der Waals surface area contributed by atoms with Gasteiger partial charge in [-0.1, -0.05) is 6.08 Å². The Morgan fingerprint density at radius 2 is 1.84 bits per heavy atom. The van der Waals surface area contributed by atoms with Gasteiger partial charge in [-0.25, -0.2) is 0 Å². The molecule has 2 saturated heterocycles. The number of likely N-dealkylation sites (tertiary alicyclic amines) is 1. The van der Waals surface area contributed by atoms with Crippen molar-refractivity contribution in [3.05, 3.63) is 12.2 Å². The molecule has 0 aliphatic carbocycles. The average Bonchev–Trinajstić information content (AvgIpc) is 2.81. The molecular weight excluding hydrogens is 238 g/mol. The topological polar surface area (TPSA) is 26.8 Å². The molecule has 0 spiro atoms. The Labute approximate surface area is 117 Å². The quantitative estimate of drug-likeness (QED) is 0.717. The average molecular weight is 265 g/mol. The number of hydrogen-bond acceptors (Lipinski definition) is 3. The first-order valence-electron chi connectivity index (χ1n) is 7.49. The zero-order valence-corrected chi connectivity index (χ0v) is 12.5. The smallest absolute Gasteiger partial charge is 0.246 e. The van der Waals surface area contributed by atoms with Crippen molar-refractivity contribution in [1.29, 1.82) is 0 Å². The lowest BCUT2D eigenvalue weighted by Gasteiger charge is -2.36. The number of carbonyl (C=O) groups excluding carboxylic acids is 1. The first kappa shape index (κ1) is 14.5. The maximum absolute atomic E-state index is 12.1. The van der Waals surface area contributed by atoms with Gasteiger partial charge in [0.25, 0.3) is 0 Å². The fourth-order valence-electron chi connectivity index (χ4n) is 2.94. The molecule has 4 heteroatoms. The molecule has 0 aromatic heterocycles. The van der Waals surface area contributed by atoms with Crippen LogP contribution in [0.1, 0.15) is 26.7 Å². The van der Waals surface area contributed by atoms with E-state index in [4.69, 9.17) is 0 Å². The SMILES string of the molecule is CC(C)N1CCN(C(=O)/C=C/C2CCCN2C)CC1. The Bertz CT molecular complexity index is 332. The van der Waals surface area contributed by atoms with Crippen LogP contribution in [0.2, 0.25) is 0 Å². The van der Waals surface area contributed by atoms with Crippen molar-refractivity contribution in [3.63, 3.8) is 0 Å². The summed E-state index contributed by atoms with van der Waals surface area (Å²) in [5, 5.41) is 0. The van der Waals surface area contributed by atoms with Crippen LogP contribution in [0.15, 0.2) is 12.2 Å². The van der Waals surface area contributed by atoms with Gasteiger partial charge in [0, 0.05) is 44.3 Å². The summed E-state index contributed by atoms with van der Waals surface area (Å²) < 4.78 is 0. The molecule has 2 rings (SSSR count). The largest absolute Gasteiger partial charge is 0.337 e. The molecule has 0 saturated carbocycles. The Balaban J connectivity index is 1.79. The summed E-state index contributed by atoms with van der Waals surface area (Å²) in [6.45, 7) is 9.31. The van der Waals surface area contributed by atoms with Gasteiger partial charge in [-0.2, -0.15) is 0 Å². The third-order valence-electron chi connectivity index (χ3n) is 4.39. The van der Waals surface area contributed by atoms with Gasteiger partial charge in [-0.3, -0.25) is 14.6 Å². The summed E-state index contributed by atoms with van der Waals surface area (Å²) in [5.41, 5.74) is 0. The number of likely N-dealkylation sites (N-methyl/N-ethyl adjacent to an activating group) is 1. The minimum absolute atomic E-state index is 0.184. The highest BCUT2D eigenvalue weighted by Crippen LogP contribution is 2.16. The van der Waals surface area contributed by atoms with Crippen LogP contribution in [0.5, 0.6) is 0 Å². The molecule has 0 aromatic carbocycles. The van der Waals surface area contributed by atoms with Crippen LogP contribution in [0, 0.1) is 0 Å². The highest BCUT2D eigenvalue weighted by Gasteiger charge is 2.22. The van der Waals surface area contributed by atoms with E-state index in [-0.39, 0.29) is 5.91 Å². The van der Waals surface area contributed by atoms with E-state index in [2.05, 4.69) is 36.8 Å². The summed E-state index contributed by atoms with van der Waals surface area (Å²) >= 11 is 0. The van der Waals surface area contributed by atoms with Crippen molar-refractivity contribution < 1.29 is 4.79 Å². The Kier molecular flexibility index (Phi) is 4.99. The van der Waals surface area contributed by atoms with Gasteiger partial charge in [0.15, 0.2) is 0 Å². The van der Waals surface area contributed by atoms with E-state index in [0.717, 1.165) is 32.7 Å². The number of nitrogens with zero attached hydrogens (tertiary/aromatic N) is 3. The maximum Gasteiger partial charge on any atom is 0.246 e. The maximum atomic E-state index is 12.1. The fraction of sp³-hybridized carbons (Fsp3) is 0.800. The summed E-state index contributed by atoms with van der Waals surface area (Å²) in [7, 11) is 2.13. The minimum atomic E-state index is 0.184. The van der Waals surface area contributed by atoms with Crippen molar-refractivity contribution in [2.45, 2.75) is 38.8 Å². The molecule has 2 heterocycles. The number of hydrogen-bond donors (Lipinski definition) is 0. The van der Waals surface area contributed by atoms with E-state index in [9.17, 15) is 4.79 Å². The second-order valence-corrected chi connectivity index (χ2v) is 6.00. The standard InChI is InChI=1S/C15H27N3O/c1-13(2)17-9-11-18(12-10-17)15(19)7-6-14-5-4-8-16(14)3/h6-7,13-14H,4-5,8-12H2,1-3H3/b7-6+. The molecule has 19 heavy (non-hydrogen) atoms. The van der Waals surface area contributed by atoms with Crippen molar-refractivity contribution in [3.8, 4) is 0 Å². The van der Waals surface area contributed by atoms with Crippen LogP contribution in [-0.2, 0) is 4.79 Å². The normalized spacial score (nSPS) is 26.7. The monoisotopic (exact) mass is 265 g/mol. The number of rotatable bonds is 3. The Hall–Kier alpha value is -0.870. The summed E-state index contributed by atoms with van der Waals surface area (Å²) in [6.07, 6.45) is 6.30. The zero-order chi connectivity index (χ0) is 13.8. The third-order valence-corrected chi connectivity index (χ3v) is 4.39. The van der Waals surface area contributed by atoms with Gasteiger partial charge in [-0.05, 0) is 40.3 Å². The molecule has 1 amide bonds. The van der Waals surface area contributed by atoms with Gasteiger partial charge in [-0.15, -0.1) is 0 Å². The fourth-order valence-corrected chi connectivity index (χ4v) is 2.94. The van der Waals surface area contributed by atoms with Gasteiger partial charge in [0.2, 0.25) is 5.91 Å². The van der Waals surface area contributed by atoms with Gasteiger partial charge < -0.3 is 4.90 Å². The van der Waals surface area contributed by atoms with Gasteiger partial charge in [0.1, 0.15) is 0 Å². The van der Waals surface area contributed by atoms with E-state index in [0.29, 0.717) is 12.1 Å². The molecule has 0 bridgehead atoms. The molecule has 2 fully saturated rings. The molecule has 2 aliphatic rings. The number of piperazine rings is 1. The van der Waals surface area contributed by atoms with Crippen LogP contribution in [-0.4, -0.2) is 72.5 Å². The van der Waals surface area contributed by atoms with Gasteiger partial charge in [0.05, 0.1) is 0 Å². The third kappa shape index (κ3) is 3.80. The minimum Gasteiger partial charge on any atom is -0.337 e. The Morgan fingerprint density at radius 1 is 1.16 bits per heavy atom. The lowest BCUT2D eigenvalue weighted by molar-refractivity contribution is -0.128. The molecule has 1 atom stereocenters. The van der Waals surface area contributed by atoms with Crippen molar-refractivity contribution in [1.82, 2.24) is 14.7 Å². The number of amides is 1. The van der Waals surface area contributed by atoms with E-state index in [1.807, 2.05) is 4.90 Å². The van der Waals surface area contributed by atoms with Crippen molar-refractivity contribution in [2.75, 3.05) is 39.8 Å². The zero-order valence-electron chi connectivity index (χ0n) is 12.5. The highest BCUT2D eigenvalue weighted by molar-refractivity contribution is 5.87. The van der Waals surface area contributed by atoms with Crippen LogP contribution in [0.4, 0.5) is 0 Å². The molecule has 2 aliphatic heterocycles. The summed E-state index contributed by atoms with van der Waals surface area (Å²) in [5.74, 6) is 0.184. The lowest BCUT2D eigenvalue weighted by Crippen LogP contribution is -2.50. The molecule has 0 radical (unpaired) electrons. The second kappa shape index (κ2) is 6.53. The first-order chi connectivity index (χ1) is 9.08. The van der Waals surface area contributed by atoms with Crippen LogP contribution >= 0.6 is 0 Å². The predicted molar refractivity (Wildman–Crippen MR) is 78.1 cm³/mol. The van der Waals surface area contributed by atoms with Crippen LogP contribution in [0.25, 0.3) is 0 Å². The van der Waals surface area contributed by atoms with Crippen LogP contribution in [0.3, 0.4) is 0 Å². The summed E-state index contributed by atoms with van der Waals surface area (Å²) in [4.78, 5) is 18.9. The Morgan fingerprint density at radius 3 is 2.37 bits per heavy atom.